The lowest BCUT2D eigenvalue weighted by atomic mass is 9.78. The number of alkyl halides is 3. The monoisotopic (exact) mass is 459 g/mol. The molecular formula is C15H17F3INO4. The number of carboxylic acid groups (broad SMARTS) is 1. The van der Waals surface area contributed by atoms with Crippen molar-refractivity contribution in [3.05, 3.63) is 27.3 Å². The summed E-state index contributed by atoms with van der Waals surface area (Å²) in [6.07, 6.45) is -7.00. The van der Waals surface area contributed by atoms with E-state index in [0.29, 0.717) is 10.5 Å². The highest BCUT2D eigenvalue weighted by molar-refractivity contribution is 14.1. The summed E-state index contributed by atoms with van der Waals surface area (Å²) in [5.74, 6) is -4.05. The highest BCUT2D eigenvalue weighted by atomic mass is 127. The van der Waals surface area contributed by atoms with Crippen LogP contribution in [0.5, 0.6) is 0 Å². The molecule has 0 heterocycles. The van der Waals surface area contributed by atoms with Crippen LogP contribution in [0.25, 0.3) is 0 Å². The lowest BCUT2D eigenvalue weighted by Crippen LogP contribution is -2.54. The molecule has 0 fully saturated rings. The van der Waals surface area contributed by atoms with E-state index in [1.54, 1.807) is 6.07 Å². The van der Waals surface area contributed by atoms with Crippen LogP contribution in [0.1, 0.15) is 31.1 Å². The number of aliphatic carboxylic acids is 1. The van der Waals surface area contributed by atoms with E-state index >= 15 is 0 Å². The maximum absolute atomic E-state index is 13.4. The summed E-state index contributed by atoms with van der Waals surface area (Å²) in [5, 5.41) is 9.13. The second kappa shape index (κ2) is 7.16. The number of carboxylic acids is 1. The van der Waals surface area contributed by atoms with Crippen molar-refractivity contribution in [2.45, 2.75) is 33.1 Å². The number of carbonyl (C=O) groups is 2. The highest BCUT2D eigenvalue weighted by Gasteiger charge is 2.64. The Bertz CT molecular complexity index is 628. The lowest BCUT2D eigenvalue weighted by Gasteiger charge is -2.37. The Morgan fingerprint density at radius 3 is 2.17 bits per heavy atom. The summed E-state index contributed by atoms with van der Waals surface area (Å²) in [6, 6.07) is 4.21. The molecule has 0 aliphatic carbocycles. The zero-order chi connectivity index (χ0) is 18.9. The van der Waals surface area contributed by atoms with Crippen molar-refractivity contribution in [1.82, 2.24) is 0 Å². The van der Waals surface area contributed by atoms with Crippen LogP contribution in [0.3, 0.4) is 0 Å². The highest BCUT2D eigenvalue weighted by Crippen LogP contribution is 2.45. The molecule has 2 unspecified atom stereocenters. The Labute approximate surface area is 150 Å². The van der Waals surface area contributed by atoms with Crippen LogP contribution >= 0.6 is 22.6 Å². The first-order valence-electron chi connectivity index (χ1n) is 6.88. The quantitative estimate of drug-likeness (QED) is 0.398. The number of rotatable bonds is 5. The van der Waals surface area contributed by atoms with E-state index in [1.165, 1.54) is 26.0 Å². The summed E-state index contributed by atoms with van der Waals surface area (Å²) in [7, 11) is 0. The molecule has 0 amide bonds. The van der Waals surface area contributed by atoms with Crippen molar-refractivity contribution in [2.75, 3.05) is 5.73 Å². The van der Waals surface area contributed by atoms with Crippen LogP contribution in [-0.4, -0.2) is 29.3 Å². The van der Waals surface area contributed by atoms with E-state index in [4.69, 9.17) is 15.6 Å². The summed E-state index contributed by atoms with van der Waals surface area (Å²) < 4.78 is 45.6. The van der Waals surface area contributed by atoms with Gasteiger partial charge < -0.3 is 15.6 Å². The molecule has 0 saturated heterocycles. The van der Waals surface area contributed by atoms with E-state index in [1.807, 2.05) is 22.6 Å². The first-order chi connectivity index (χ1) is 10.8. The van der Waals surface area contributed by atoms with E-state index in [2.05, 4.69) is 0 Å². The molecule has 134 valence electrons. The van der Waals surface area contributed by atoms with E-state index in [-0.39, 0.29) is 11.3 Å². The maximum atomic E-state index is 13.4. The van der Waals surface area contributed by atoms with Crippen molar-refractivity contribution in [3.8, 4) is 0 Å². The first kappa shape index (κ1) is 20.5. The Morgan fingerprint density at radius 2 is 1.79 bits per heavy atom. The molecule has 0 saturated carbocycles. The molecule has 3 N–H and O–H groups in total. The van der Waals surface area contributed by atoms with Gasteiger partial charge in [-0.15, -0.1) is 0 Å². The fraction of sp³-hybridized carbons (Fsp3) is 0.467. The predicted octanol–water partition coefficient (Wildman–Crippen LogP) is 3.71. The van der Waals surface area contributed by atoms with Gasteiger partial charge in [0.1, 0.15) is 6.10 Å². The molecule has 1 aromatic rings. The third-order valence-electron chi connectivity index (χ3n) is 3.60. The van der Waals surface area contributed by atoms with Gasteiger partial charge in [-0.3, -0.25) is 4.79 Å². The van der Waals surface area contributed by atoms with E-state index in [0.717, 1.165) is 0 Å². The Balaban J connectivity index is 3.26. The van der Waals surface area contributed by atoms with Crippen molar-refractivity contribution in [1.29, 1.82) is 0 Å². The van der Waals surface area contributed by atoms with Crippen LogP contribution in [0.15, 0.2) is 18.2 Å². The van der Waals surface area contributed by atoms with E-state index < -0.39 is 35.6 Å². The van der Waals surface area contributed by atoms with Crippen LogP contribution in [0.4, 0.5) is 18.9 Å². The van der Waals surface area contributed by atoms with Crippen molar-refractivity contribution >= 4 is 40.2 Å². The maximum Gasteiger partial charge on any atom is 0.408 e. The summed E-state index contributed by atoms with van der Waals surface area (Å²) in [5.41, 5.74) is 2.57. The number of hydrogen-bond acceptors (Lipinski definition) is 4. The molecular weight excluding hydrogens is 442 g/mol. The molecule has 0 bridgehead atoms. The Hall–Kier alpha value is -1.52. The zero-order valence-corrected chi connectivity index (χ0v) is 15.3. The minimum atomic E-state index is -5.10. The number of esters is 1. The standard InChI is InChI=1S/C15H17F3INO4/c1-7(2)11(14(3,13(22)23)15(16,17)18)24-12(21)8-4-9(19)6-10(20)5-8/h4-7,11H,20H2,1-3H3,(H,22,23). The number of ether oxygens (including phenoxy) is 1. The molecule has 24 heavy (non-hydrogen) atoms. The van der Waals surface area contributed by atoms with Gasteiger partial charge in [-0.05, 0) is 53.6 Å². The summed E-state index contributed by atoms with van der Waals surface area (Å²) >= 11 is 1.89. The van der Waals surface area contributed by atoms with Gasteiger partial charge in [0, 0.05) is 9.26 Å². The Morgan fingerprint density at radius 1 is 1.25 bits per heavy atom. The number of nitrogen functional groups attached to an aromatic ring is 1. The van der Waals surface area contributed by atoms with Gasteiger partial charge in [0.05, 0.1) is 5.56 Å². The minimum absolute atomic E-state index is 0.0417. The second-order valence-corrected chi connectivity index (χ2v) is 7.09. The molecule has 1 aromatic carbocycles. The van der Waals surface area contributed by atoms with Crippen molar-refractivity contribution in [3.63, 3.8) is 0 Å². The number of halogens is 4. The molecule has 2 atom stereocenters. The fourth-order valence-corrected chi connectivity index (χ4v) is 2.93. The smallest absolute Gasteiger partial charge is 0.408 e. The van der Waals surface area contributed by atoms with Gasteiger partial charge in [-0.2, -0.15) is 13.2 Å². The van der Waals surface area contributed by atoms with Gasteiger partial charge in [0.15, 0.2) is 5.41 Å². The van der Waals surface area contributed by atoms with Gasteiger partial charge in [-0.25, -0.2) is 4.79 Å². The number of anilines is 1. The minimum Gasteiger partial charge on any atom is -0.480 e. The molecule has 0 aliphatic rings. The van der Waals surface area contributed by atoms with Gasteiger partial charge in [0.2, 0.25) is 0 Å². The summed E-state index contributed by atoms with van der Waals surface area (Å²) in [6.45, 7) is 3.22. The number of benzene rings is 1. The SMILES string of the molecule is CC(C)C(OC(=O)c1cc(N)cc(I)c1)C(C)(C(=O)O)C(F)(F)F. The fourth-order valence-electron chi connectivity index (χ4n) is 2.24. The molecule has 0 aromatic heterocycles. The average molecular weight is 459 g/mol. The topological polar surface area (TPSA) is 89.6 Å². The molecule has 9 heteroatoms. The van der Waals surface area contributed by atoms with Crippen LogP contribution in [0, 0.1) is 14.9 Å². The molecule has 0 radical (unpaired) electrons. The van der Waals surface area contributed by atoms with Gasteiger partial charge in [-0.1, -0.05) is 13.8 Å². The molecule has 0 spiro atoms. The Kier molecular flexibility index (Phi) is 6.12. The van der Waals surface area contributed by atoms with Gasteiger partial charge in [0.25, 0.3) is 0 Å². The molecule has 5 nitrogen and oxygen atoms in total. The first-order valence-corrected chi connectivity index (χ1v) is 7.95. The van der Waals surface area contributed by atoms with Crippen molar-refractivity contribution in [2.24, 2.45) is 11.3 Å². The summed E-state index contributed by atoms with van der Waals surface area (Å²) in [4.78, 5) is 23.5. The predicted molar refractivity (Wildman–Crippen MR) is 89.4 cm³/mol. The zero-order valence-electron chi connectivity index (χ0n) is 13.1. The number of nitrogens with two attached hydrogens (primary N) is 1. The number of hydrogen-bond donors (Lipinski definition) is 2. The van der Waals surface area contributed by atoms with Crippen LogP contribution in [0.2, 0.25) is 0 Å². The second-order valence-electron chi connectivity index (χ2n) is 5.85. The van der Waals surface area contributed by atoms with Gasteiger partial charge >= 0.3 is 18.1 Å². The normalized spacial score (nSPS) is 15.7. The lowest BCUT2D eigenvalue weighted by molar-refractivity contribution is -0.254. The molecule has 0 aliphatic heterocycles. The third kappa shape index (κ3) is 4.11. The molecule has 1 rings (SSSR count). The van der Waals surface area contributed by atoms with Crippen molar-refractivity contribution < 1.29 is 32.6 Å². The van der Waals surface area contributed by atoms with E-state index in [9.17, 15) is 22.8 Å². The number of carbonyl (C=O) groups excluding carboxylic acids is 1. The third-order valence-corrected chi connectivity index (χ3v) is 4.22. The average Bonchev–Trinajstić information content (AvgIpc) is 2.40. The van der Waals surface area contributed by atoms with Crippen LogP contribution in [-0.2, 0) is 9.53 Å². The largest absolute Gasteiger partial charge is 0.480 e. The van der Waals surface area contributed by atoms with Crippen LogP contribution < -0.4 is 5.73 Å².